The lowest BCUT2D eigenvalue weighted by Gasteiger charge is -2.31. The molecule has 0 N–H and O–H groups in total. The molecule has 8 nitrogen and oxygen atoms in total. The average Bonchev–Trinajstić information content (AvgIpc) is 3.47. The predicted molar refractivity (Wildman–Crippen MR) is 147 cm³/mol. The quantitative estimate of drug-likeness (QED) is 0.333. The smallest absolute Gasteiger partial charge is 0.273 e. The van der Waals surface area contributed by atoms with Crippen LogP contribution in [0.25, 0.3) is 0 Å². The lowest BCUT2D eigenvalue weighted by molar-refractivity contribution is -0.132. The Labute approximate surface area is 227 Å². The van der Waals surface area contributed by atoms with Crippen LogP contribution >= 0.6 is 11.3 Å². The second-order valence-electron chi connectivity index (χ2n) is 9.33. The first-order valence-electron chi connectivity index (χ1n) is 13.1. The number of ether oxygens (including phenoxy) is 1. The highest BCUT2D eigenvalue weighted by atomic mass is 32.1. The molecule has 2 amide bonds. The number of piperidine rings is 1. The molecular formula is C29H34N4O4S. The summed E-state index contributed by atoms with van der Waals surface area (Å²) in [5.41, 5.74) is 2.04. The first-order chi connectivity index (χ1) is 18.5. The van der Waals surface area contributed by atoms with Crippen LogP contribution in [0.4, 0.5) is 0 Å². The molecule has 0 radical (unpaired) electrons. The van der Waals surface area contributed by atoms with E-state index in [1.54, 1.807) is 37.6 Å². The second kappa shape index (κ2) is 13.3. The van der Waals surface area contributed by atoms with Gasteiger partial charge in [-0.25, -0.2) is 4.98 Å². The summed E-state index contributed by atoms with van der Waals surface area (Å²) in [5, 5.41) is 2.81. The molecule has 3 heterocycles. The molecule has 200 valence electrons. The molecule has 0 saturated carbocycles. The summed E-state index contributed by atoms with van der Waals surface area (Å²) in [6.45, 7) is 4.45. The summed E-state index contributed by atoms with van der Waals surface area (Å²) in [7, 11) is 1.58. The highest BCUT2D eigenvalue weighted by Gasteiger charge is 2.27. The summed E-state index contributed by atoms with van der Waals surface area (Å²) < 4.78 is 5.12. The van der Waals surface area contributed by atoms with Crippen LogP contribution in [0.5, 0.6) is 5.75 Å². The van der Waals surface area contributed by atoms with Crippen LogP contribution in [-0.2, 0) is 11.2 Å². The van der Waals surface area contributed by atoms with E-state index in [0.717, 1.165) is 23.5 Å². The Morgan fingerprint density at radius 1 is 1.08 bits per heavy atom. The van der Waals surface area contributed by atoms with Crippen LogP contribution in [-0.4, -0.2) is 70.7 Å². The first kappa shape index (κ1) is 27.4. The number of ketones is 1. The third kappa shape index (κ3) is 7.04. The molecular weight excluding hydrogens is 500 g/mol. The number of likely N-dealkylation sites (tertiary alicyclic amines) is 1. The summed E-state index contributed by atoms with van der Waals surface area (Å²) in [6, 6.07) is 12.8. The van der Waals surface area contributed by atoms with Crippen LogP contribution in [0.15, 0.2) is 54.0 Å². The van der Waals surface area contributed by atoms with Crippen molar-refractivity contribution < 1.29 is 19.1 Å². The van der Waals surface area contributed by atoms with Crippen LogP contribution in [0.3, 0.4) is 0 Å². The van der Waals surface area contributed by atoms with E-state index in [4.69, 9.17) is 4.74 Å². The Morgan fingerprint density at radius 2 is 1.84 bits per heavy atom. The van der Waals surface area contributed by atoms with Gasteiger partial charge in [-0.05, 0) is 56.2 Å². The summed E-state index contributed by atoms with van der Waals surface area (Å²) >= 11 is 1.52. The number of pyridine rings is 1. The zero-order valence-corrected chi connectivity index (χ0v) is 22.8. The number of amides is 2. The average molecular weight is 535 g/mol. The van der Waals surface area contributed by atoms with E-state index in [2.05, 4.69) is 9.97 Å². The molecule has 4 rings (SSSR count). The van der Waals surface area contributed by atoms with Crippen LogP contribution in [0.1, 0.15) is 70.1 Å². The number of nitrogens with zero attached hydrogens (tertiary/aromatic N) is 4. The van der Waals surface area contributed by atoms with E-state index < -0.39 is 0 Å². The van der Waals surface area contributed by atoms with Gasteiger partial charge in [-0.3, -0.25) is 19.4 Å². The Kier molecular flexibility index (Phi) is 9.59. The van der Waals surface area contributed by atoms with Gasteiger partial charge in [0.05, 0.1) is 12.1 Å². The number of carbonyl (C=O) groups is 3. The molecule has 9 heteroatoms. The Bertz CT molecular complexity index is 1220. The molecule has 1 aliphatic rings. The number of hydrogen-bond donors (Lipinski definition) is 0. The van der Waals surface area contributed by atoms with Gasteiger partial charge in [0.1, 0.15) is 11.4 Å². The largest absolute Gasteiger partial charge is 0.497 e. The van der Waals surface area contributed by atoms with Gasteiger partial charge in [0.25, 0.3) is 5.91 Å². The van der Waals surface area contributed by atoms with E-state index in [1.165, 1.54) is 11.3 Å². The highest BCUT2D eigenvalue weighted by Crippen LogP contribution is 2.31. The van der Waals surface area contributed by atoms with Gasteiger partial charge < -0.3 is 14.5 Å². The van der Waals surface area contributed by atoms with Gasteiger partial charge >= 0.3 is 0 Å². The molecule has 0 atom stereocenters. The van der Waals surface area contributed by atoms with Gasteiger partial charge in [-0.15, -0.1) is 11.3 Å². The zero-order valence-electron chi connectivity index (χ0n) is 22.0. The fraction of sp³-hybridized carbons (Fsp3) is 0.414. The van der Waals surface area contributed by atoms with Crippen LogP contribution < -0.4 is 4.74 Å². The fourth-order valence-electron chi connectivity index (χ4n) is 4.61. The lowest BCUT2D eigenvalue weighted by Crippen LogP contribution is -2.38. The Morgan fingerprint density at radius 3 is 2.50 bits per heavy atom. The van der Waals surface area contributed by atoms with Crippen LogP contribution in [0, 0.1) is 0 Å². The number of benzene rings is 1. The van der Waals surface area contributed by atoms with Crippen molar-refractivity contribution in [2.75, 3.05) is 33.3 Å². The van der Waals surface area contributed by atoms with Crippen molar-refractivity contribution in [2.24, 2.45) is 0 Å². The zero-order chi connectivity index (χ0) is 26.9. The monoisotopic (exact) mass is 534 g/mol. The molecule has 1 saturated heterocycles. The maximum atomic E-state index is 13.1. The van der Waals surface area contributed by atoms with Crippen molar-refractivity contribution in [1.82, 2.24) is 19.8 Å². The summed E-state index contributed by atoms with van der Waals surface area (Å²) in [4.78, 5) is 50.9. The number of carbonyl (C=O) groups excluding carboxylic acids is 3. The molecule has 3 aromatic rings. The van der Waals surface area contributed by atoms with Crippen molar-refractivity contribution in [3.63, 3.8) is 0 Å². The third-order valence-corrected chi connectivity index (χ3v) is 7.96. The molecule has 0 unspecified atom stereocenters. The molecule has 38 heavy (non-hydrogen) atoms. The molecule has 1 aliphatic heterocycles. The Hall–Kier alpha value is -3.59. The minimum absolute atomic E-state index is 0.00631. The SMILES string of the molecule is CCN(CCc1ccccn1)C(=O)c1csc(C2CCN(C(=O)CCC(=O)c3ccc(OC)cc3)CC2)n1. The van der Waals surface area contributed by atoms with Gasteiger partial charge in [-0.1, -0.05) is 6.07 Å². The molecule has 1 aromatic carbocycles. The van der Waals surface area contributed by atoms with Crippen molar-refractivity contribution in [1.29, 1.82) is 0 Å². The third-order valence-electron chi connectivity index (χ3n) is 6.95. The molecule has 0 aliphatic carbocycles. The highest BCUT2D eigenvalue weighted by molar-refractivity contribution is 7.09. The number of thiazole rings is 1. The lowest BCUT2D eigenvalue weighted by atomic mass is 9.97. The van der Waals surface area contributed by atoms with Crippen molar-refractivity contribution in [2.45, 2.75) is 44.9 Å². The summed E-state index contributed by atoms with van der Waals surface area (Å²) in [6.07, 6.45) is 4.47. The maximum absolute atomic E-state index is 13.1. The van der Waals surface area contributed by atoms with Gasteiger partial charge in [0, 0.05) is 74.2 Å². The van der Waals surface area contributed by atoms with E-state index in [1.807, 2.05) is 40.3 Å². The number of aromatic nitrogens is 2. The normalized spacial score (nSPS) is 13.8. The van der Waals surface area contributed by atoms with Gasteiger partial charge in [0.15, 0.2) is 5.78 Å². The molecule has 0 bridgehead atoms. The fourth-order valence-corrected chi connectivity index (χ4v) is 5.57. The van der Waals surface area contributed by atoms with E-state index in [0.29, 0.717) is 49.6 Å². The number of hydrogen-bond acceptors (Lipinski definition) is 7. The predicted octanol–water partition coefficient (Wildman–Crippen LogP) is 4.62. The molecule has 1 fully saturated rings. The minimum atomic E-state index is -0.0555. The molecule has 2 aromatic heterocycles. The minimum Gasteiger partial charge on any atom is -0.497 e. The second-order valence-corrected chi connectivity index (χ2v) is 10.2. The van der Waals surface area contributed by atoms with E-state index >= 15 is 0 Å². The van der Waals surface area contributed by atoms with E-state index in [-0.39, 0.29) is 36.4 Å². The topological polar surface area (TPSA) is 92.7 Å². The van der Waals surface area contributed by atoms with Crippen molar-refractivity contribution in [3.8, 4) is 5.75 Å². The molecule has 0 spiro atoms. The number of likely N-dealkylation sites (N-methyl/N-ethyl adjacent to an activating group) is 1. The van der Waals surface area contributed by atoms with Gasteiger partial charge in [0.2, 0.25) is 5.91 Å². The first-order valence-corrected chi connectivity index (χ1v) is 14.0. The number of rotatable bonds is 11. The van der Waals surface area contributed by atoms with Gasteiger partial charge in [-0.2, -0.15) is 0 Å². The number of methoxy groups -OCH3 is 1. The van der Waals surface area contributed by atoms with Crippen molar-refractivity contribution >= 4 is 28.9 Å². The number of Topliss-reactive ketones (excluding diaryl/α,β-unsaturated/α-hetero) is 1. The Balaban J connectivity index is 1.24. The summed E-state index contributed by atoms with van der Waals surface area (Å²) in [5.74, 6) is 0.833. The standard InChI is InChI=1S/C29H34N4O4S/c1-3-32(19-15-23-6-4-5-16-30-23)29(36)25-20-38-28(31-25)22-13-17-33(18-14-22)27(35)12-11-26(34)21-7-9-24(37-2)10-8-21/h4-10,16,20,22H,3,11-15,17-19H2,1-2H3. The van der Waals surface area contributed by atoms with Crippen molar-refractivity contribution in [3.05, 3.63) is 76.0 Å². The maximum Gasteiger partial charge on any atom is 0.273 e. The van der Waals surface area contributed by atoms with E-state index in [9.17, 15) is 14.4 Å². The van der Waals surface area contributed by atoms with Crippen LogP contribution in [0.2, 0.25) is 0 Å².